The van der Waals surface area contributed by atoms with Crippen LogP contribution in [0.15, 0.2) is 18.2 Å². The van der Waals surface area contributed by atoms with Crippen LogP contribution in [0.4, 0.5) is 0 Å². The first-order valence-corrected chi connectivity index (χ1v) is 8.22. The van der Waals surface area contributed by atoms with Gasteiger partial charge in [-0.15, -0.1) is 0 Å². The minimum atomic E-state index is -1.20. The van der Waals surface area contributed by atoms with Crippen molar-refractivity contribution >= 4 is 24.2 Å². The summed E-state index contributed by atoms with van der Waals surface area (Å²) in [6.07, 6.45) is 0. The lowest BCUT2D eigenvalue weighted by Crippen LogP contribution is -2.53. The van der Waals surface area contributed by atoms with Gasteiger partial charge in [0, 0.05) is 22.6 Å². The Balaban J connectivity index is 2.85. The van der Waals surface area contributed by atoms with Crippen molar-refractivity contribution in [2.45, 2.75) is 71.8 Å². The quantitative estimate of drug-likeness (QED) is 0.696. The molecule has 0 saturated carbocycles. The summed E-state index contributed by atoms with van der Waals surface area (Å²) in [6.45, 7) is 13.7. The van der Waals surface area contributed by atoms with Gasteiger partial charge in [-0.2, -0.15) is 0 Å². The first-order chi connectivity index (χ1) is 10.2. The highest BCUT2D eigenvalue weighted by Gasteiger charge is 2.40. The molecule has 0 heterocycles. The van der Waals surface area contributed by atoms with Gasteiger partial charge in [-0.1, -0.05) is 23.7 Å². The Morgan fingerprint density at radius 2 is 1.70 bits per heavy atom. The normalized spacial score (nSPS) is 13.3. The number of nitrogens with one attached hydrogen (secondary N) is 1. The van der Waals surface area contributed by atoms with Crippen LogP contribution in [-0.2, 0) is 11.2 Å². The molecule has 0 bridgehead atoms. The molecular formula is C17H29BClNO3. The fraction of sp³-hybridized carbons (Fsp3) is 0.647. The molecule has 0 unspecified atom stereocenters. The molecule has 0 aromatic heterocycles. The number of halogens is 1. The van der Waals surface area contributed by atoms with E-state index in [1.54, 1.807) is 33.8 Å². The molecule has 0 saturated heterocycles. The fourth-order valence-corrected chi connectivity index (χ4v) is 2.03. The summed E-state index contributed by atoms with van der Waals surface area (Å²) in [5.74, 6) is 0. The van der Waals surface area contributed by atoms with Gasteiger partial charge in [-0.05, 0) is 60.1 Å². The van der Waals surface area contributed by atoms with Gasteiger partial charge in [0.05, 0.1) is 11.2 Å². The first kappa shape index (κ1) is 20.5. The molecule has 1 aromatic carbocycles. The van der Waals surface area contributed by atoms with Crippen molar-refractivity contribution in [1.82, 2.24) is 5.32 Å². The van der Waals surface area contributed by atoms with Crippen LogP contribution in [-0.4, -0.2) is 34.0 Å². The van der Waals surface area contributed by atoms with E-state index >= 15 is 0 Å². The Morgan fingerprint density at radius 1 is 1.13 bits per heavy atom. The molecule has 6 heteroatoms. The Morgan fingerprint density at radius 3 is 2.13 bits per heavy atom. The van der Waals surface area contributed by atoms with Crippen molar-refractivity contribution in [3.05, 3.63) is 28.8 Å². The Labute approximate surface area is 145 Å². The zero-order valence-electron chi connectivity index (χ0n) is 15.2. The highest BCUT2D eigenvalue weighted by molar-refractivity contribution is 6.64. The third-order valence-electron chi connectivity index (χ3n) is 4.03. The number of hydrogen-bond acceptors (Lipinski definition) is 4. The largest absolute Gasteiger partial charge is 0.493 e. The Kier molecular flexibility index (Phi) is 6.33. The van der Waals surface area contributed by atoms with Gasteiger partial charge >= 0.3 is 7.12 Å². The molecule has 0 aliphatic carbocycles. The van der Waals surface area contributed by atoms with Gasteiger partial charge in [0.1, 0.15) is 0 Å². The molecule has 130 valence electrons. The average molecular weight is 342 g/mol. The van der Waals surface area contributed by atoms with Gasteiger partial charge in [-0.3, -0.25) is 0 Å². The highest BCUT2D eigenvalue weighted by atomic mass is 35.5. The highest BCUT2D eigenvalue weighted by Crippen LogP contribution is 2.25. The van der Waals surface area contributed by atoms with Gasteiger partial charge in [0.2, 0.25) is 0 Å². The lowest BCUT2D eigenvalue weighted by Gasteiger charge is -2.38. The van der Waals surface area contributed by atoms with E-state index in [0.717, 1.165) is 5.56 Å². The summed E-state index contributed by atoms with van der Waals surface area (Å²) < 4.78 is 5.63. The minimum Gasteiger partial charge on any atom is -0.423 e. The molecule has 0 atom stereocenters. The second-order valence-corrected chi connectivity index (χ2v) is 8.41. The second-order valence-electron chi connectivity index (χ2n) is 8.00. The van der Waals surface area contributed by atoms with E-state index in [9.17, 15) is 10.1 Å². The van der Waals surface area contributed by atoms with E-state index in [2.05, 4.69) is 26.1 Å². The average Bonchev–Trinajstić information content (AvgIpc) is 2.33. The SMILES string of the molecule is CC(C)(C)NCc1ccc(B(O)OC(C)(C)C(C)(C)O)c(Cl)c1. The molecule has 1 rings (SSSR count). The van der Waals surface area contributed by atoms with Gasteiger partial charge in [-0.25, -0.2) is 0 Å². The molecule has 0 aliphatic rings. The number of aliphatic hydroxyl groups is 1. The van der Waals surface area contributed by atoms with Gasteiger partial charge in [0.15, 0.2) is 0 Å². The lowest BCUT2D eigenvalue weighted by atomic mass is 9.76. The molecule has 0 amide bonds. The molecule has 3 N–H and O–H groups in total. The maximum absolute atomic E-state index is 10.3. The molecule has 0 radical (unpaired) electrons. The summed E-state index contributed by atoms with van der Waals surface area (Å²) in [5.41, 5.74) is -0.491. The van der Waals surface area contributed by atoms with E-state index in [-0.39, 0.29) is 5.54 Å². The Hall–Kier alpha value is -0.585. The molecule has 0 spiro atoms. The molecule has 0 fully saturated rings. The smallest absolute Gasteiger partial charge is 0.423 e. The molecular weight excluding hydrogens is 312 g/mol. The summed E-state index contributed by atoms with van der Waals surface area (Å²) in [5, 5.41) is 24.3. The van der Waals surface area contributed by atoms with E-state index in [1.165, 1.54) is 0 Å². The summed E-state index contributed by atoms with van der Waals surface area (Å²) >= 11 is 6.29. The molecule has 4 nitrogen and oxygen atoms in total. The summed E-state index contributed by atoms with van der Waals surface area (Å²) in [6, 6.07) is 5.48. The third-order valence-corrected chi connectivity index (χ3v) is 4.36. The van der Waals surface area contributed by atoms with Crippen LogP contribution < -0.4 is 10.8 Å². The van der Waals surface area contributed by atoms with Crippen LogP contribution in [0.25, 0.3) is 0 Å². The molecule has 23 heavy (non-hydrogen) atoms. The number of benzene rings is 1. The zero-order valence-corrected chi connectivity index (χ0v) is 16.0. The van der Waals surface area contributed by atoms with Crippen LogP contribution in [0.5, 0.6) is 0 Å². The minimum absolute atomic E-state index is 0.0184. The standard InChI is InChI=1S/C17H29BClNO3/c1-15(2,3)20-11-12-8-9-13(14(19)10-12)18(22)23-17(6,7)16(4,5)21/h8-10,20-22H,11H2,1-7H3. The zero-order chi connectivity index (χ0) is 18.1. The van der Waals surface area contributed by atoms with Crippen LogP contribution in [0.3, 0.4) is 0 Å². The van der Waals surface area contributed by atoms with E-state index < -0.39 is 18.3 Å². The van der Waals surface area contributed by atoms with Crippen LogP contribution >= 0.6 is 11.6 Å². The maximum atomic E-state index is 10.3. The molecule has 0 aliphatic heterocycles. The first-order valence-electron chi connectivity index (χ1n) is 7.84. The van der Waals surface area contributed by atoms with Crippen LogP contribution in [0.1, 0.15) is 54.0 Å². The summed E-state index contributed by atoms with van der Waals surface area (Å²) in [4.78, 5) is 0. The van der Waals surface area contributed by atoms with Crippen molar-refractivity contribution in [2.75, 3.05) is 0 Å². The van der Waals surface area contributed by atoms with Crippen molar-refractivity contribution in [3.63, 3.8) is 0 Å². The number of rotatable bonds is 6. The van der Waals surface area contributed by atoms with Crippen molar-refractivity contribution in [2.24, 2.45) is 0 Å². The van der Waals surface area contributed by atoms with E-state index in [4.69, 9.17) is 16.3 Å². The fourth-order valence-electron chi connectivity index (χ4n) is 1.73. The Bertz CT molecular complexity index is 536. The van der Waals surface area contributed by atoms with Gasteiger partial charge in [0.25, 0.3) is 0 Å². The molecule has 1 aromatic rings. The third kappa shape index (κ3) is 6.09. The van der Waals surface area contributed by atoms with E-state index in [0.29, 0.717) is 17.0 Å². The summed E-state index contributed by atoms with van der Waals surface area (Å²) in [7, 11) is -1.20. The van der Waals surface area contributed by atoms with Gasteiger partial charge < -0.3 is 20.1 Å². The van der Waals surface area contributed by atoms with E-state index in [1.807, 2.05) is 12.1 Å². The maximum Gasteiger partial charge on any atom is 0.493 e. The van der Waals surface area contributed by atoms with Crippen molar-refractivity contribution in [1.29, 1.82) is 0 Å². The second kappa shape index (κ2) is 7.12. The predicted molar refractivity (Wildman–Crippen MR) is 97.1 cm³/mol. The van der Waals surface area contributed by atoms with Crippen molar-refractivity contribution in [3.8, 4) is 0 Å². The lowest BCUT2D eigenvalue weighted by molar-refractivity contribution is -0.0982. The van der Waals surface area contributed by atoms with Crippen molar-refractivity contribution < 1.29 is 14.8 Å². The topological polar surface area (TPSA) is 61.7 Å². The predicted octanol–water partition coefficient (Wildman–Crippen LogP) is 2.48. The monoisotopic (exact) mass is 341 g/mol. The van der Waals surface area contributed by atoms with Crippen LogP contribution in [0.2, 0.25) is 5.02 Å². The number of hydrogen-bond donors (Lipinski definition) is 3. The van der Waals surface area contributed by atoms with Crippen LogP contribution in [0, 0.1) is 0 Å².